The first-order valence-electron chi connectivity index (χ1n) is 8.30. The highest BCUT2D eigenvalue weighted by Crippen LogP contribution is 2.50. The van der Waals surface area contributed by atoms with Gasteiger partial charge in [0, 0.05) is 18.2 Å². The molecule has 1 aliphatic rings. The van der Waals surface area contributed by atoms with Crippen LogP contribution in [0.4, 0.5) is 18.9 Å². The van der Waals surface area contributed by atoms with Gasteiger partial charge in [0.25, 0.3) is 0 Å². The number of ether oxygens (including phenoxy) is 1. The van der Waals surface area contributed by atoms with Crippen LogP contribution < -0.4 is 15.8 Å². The van der Waals surface area contributed by atoms with Crippen molar-refractivity contribution >= 4 is 11.6 Å². The molecule has 0 bridgehead atoms. The fraction of sp³-hybridized carbons (Fsp3) is 0.316. The summed E-state index contributed by atoms with van der Waals surface area (Å²) in [6.45, 7) is 0.465. The van der Waals surface area contributed by atoms with E-state index < -0.39 is 6.36 Å². The lowest BCUT2D eigenvalue weighted by molar-refractivity contribution is -0.274. The van der Waals surface area contributed by atoms with Gasteiger partial charge in [0.2, 0.25) is 5.91 Å². The van der Waals surface area contributed by atoms with Gasteiger partial charge in [-0.2, -0.15) is 0 Å². The van der Waals surface area contributed by atoms with Crippen molar-refractivity contribution in [1.82, 2.24) is 5.32 Å². The summed E-state index contributed by atoms with van der Waals surface area (Å²) in [7, 11) is 0. The van der Waals surface area contributed by atoms with Crippen molar-refractivity contribution in [2.75, 3.05) is 12.3 Å². The predicted molar refractivity (Wildman–Crippen MR) is 91.5 cm³/mol. The lowest BCUT2D eigenvalue weighted by atomic mass is 10.1. The molecule has 0 aromatic heterocycles. The summed E-state index contributed by atoms with van der Waals surface area (Å²) >= 11 is 0. The fourth-order valence-corrected chi connectivity index (χ4v) is 2.98. The minimum Gasteiger partial charge on any atom is -0.405 e. The maximum Gasteiger partial charge on any atom is 0.573 e. The van der Waals surface area contributed by atoms with Crippen LogP contribution >= 0.6 is 0 Å². The number of nitrogen functional groups attached to an aromatic ring is 1. The molecule has 2 aromatic rings. The number of benzene rings is 2. The summed E-state index contributed by atoms with van der Waals surface area (Å²) in [4.78, 5) is 12.2. The van der Waals surface area contributed by atoms with Crippen molar-refractivity contribution in [3.8, 4) is 5.75 Å². The molecule has 138 valence electrons. The van der Waals surface area contributed by atoms with E-state index in [-0.39, 0.29) is 23.5 Å². The van der Waals surface area contributed by atoms with Crippen LogP contribution in [0.3, 0.4) is 0 Å². The highest BCUT2D eigenvalue weighted by molar-refractivity contribution is 5.83. The van der Waals surface area contributed by atoms with Crippen LogP contribution in [-0.2, 0) is 11.2 Å². The molecule has 1 saturated carbocycles. The molecule has 3 rings (SSSR count). The first-order valence-corrected chi connectivity index (χ1v) is 8.30. The van der Waals surface area contributed by atoms with Crippen molar-refractivity contribution in [3.05, 3.63) is 59.7 Å². The topological polar surface area (TPSA) is 64.3 Å². The van der Waals surface area contributed by atoms with E-state index in [1.807, 2.05) is 12.1 Å². The van der Waals surface area contributed by atoms with Crippen molar-refractivity contribution in [2.24, 2.45) is 5.92 Å². The van der Waals surface area contributed by atoms with Gasteiger partial charge in [-0.25, -0.2) is 0 Å². The summed E-state index contributed by atoms with van der Waals surface area (Å²) < 4.78 is 41.6. The van der Waals surface area contributed by atoms with E-state index in [1.54, 1.807) is 24.3 Å². The number of hydrogen-bond acceptors (Lipinski definition) is 3. The molecule has 0 heterocycles. The Kier molecular flexibility index (Phi) is 5.06. The molecule has 26 heavy (non-hydrogen) atoms. The van der Waals surface area contributed by atoms with Gasteiger partial charge in [0.1, 0.15) is 5.75 Å². The van der Waals surface area contributed by atoms with E-state index in [4.69, 9.17) is 5.73 Å². The zero-order valence-corrected chi connectivity index (χ0v) is 13.9. The van der Waals surface area contributed by atoms with Crippen LogP contribution in [0.15, 0.2) is 48.5 Å². The number of halogens is 3. The first kappa shape index (κ1) is 18.1. The molecule has 7 heteroatoms. The number of para-hydroxylation sites is 1. The molecule has 4 nitrogen and oxygen atoms in total. The van der Waals surface area contributed by atoms with Gasteiger partial charge in [-0.15, -0.1) is 13.2 Å². The third-order valence-corrected chi connectivity index (χ3v) is 4.36. The SMILES string of the molecule is Nc1ccc(CCNC(=O)C2CC2c2ccccc2OC(F)(F)F)cc1. The summed E-state index contributed by atoms with van der Waals surface area (Å²) in [5.74, 6) is -0.945. The van der Waals surface area contributed by atoms with Crippen molar-refractivity contribution in [1.29, 1.82) is 0 Å². The smallest absolute Gasteiger partial charge is 0.405 e. The van der Waals surface area contributed by atoms with E-state index >= 15 is 0 Å². The first-order chi connectivity index (χ1) is 12.3. The summed E-state index contributed by atoms with van der Waals surface area (Å²) in [6.07, 6.45) is -3.56. The van der Waals surface area contributed by atoms with Gasteiger partial charge in [-0.3, -0.25) is 4.79 Å². The van der Waals surface area contributed by atoms with E-state index in [0.717, 1.165) is 5.56 Å². The van der Waals surface area contributed by atoms with E-state index in [1.165, 1.54) is 12.1 Å². The lowest BCUT2D eigenvalue weighted by Gasteiger charge is -2.13. The average molecular weight is 364 g/mol. The zero-order chi connectivity index (χ0) is 18.7. The quantitative estimate of drug-likeness (QED) is 0.770. The second kappa shape index (κ2) is 7.27. The summed E-state index contributed by atoms with van der Waals surface area (Å²) in [5.41, 5.74) is 7.77. The number of carbonyl (C=O) groups excluding carboxylic acids is 1. The minimum absolute atomic E-state index is 0.146. The van der Waals surface area contributed by atoms with Gasteiger partial charge in [0.15, 0.2) is 0 Å². The van der Waals surface area contributed by atoms with Crippen molar-refractivity contribution < 1.29 is 22.7 Å². The zero-order valence-electron chi connectivity index (χ0n) is 13.9. The van der Waals surface area contributed by atoms with Gasteiger partial charge >= 0.3 is 6.36 Å². The Morgan fingerprint density at radius 1 is 1.15 bits per heavy atom. The second-order valence-corrected chi connectivity index (χ2v) is 6.32. The van der Waals surface area contributed by atoms with Crippen LogP contribution in [0, 0.1) is 5.92 Å². The molecule has 2 aromatic carbocycles. The Morgan fingerprint density at radius 3 is 2.54 bits per heavy atom. The number of nitrogens with two attached hydrogens (primary N) is 1. The number of rotatable bonds is 6. The Labute approximate surface area is 149 Å². The molecule has 2 atom stereocenters. The normalized spacial score (nSPS) is 19.0. The summed E-state index contributed by atoms with van der Waals surface area (Å²) in [5, 5.41) is 2.84. The molecular weight excluding hydrogens is 345 g/mol. The Morgan fingerprint density at radius 2 is 1.85 bits per heavy atom. The molecule has 0 saturated heterocycles. The number of anilines is 1. The van der Waals surface area contributed by atoms with E-state index in [0.29, 0.717) is 30.6 Å². The lowest BCUT2D eigenvalue weighted by Crippen LogP contribution is -2.27. The highest BCUT2D eigenvalue weighted by atomic mass is 19.4. The number of nitrogens with one attached hydrogen (secondary N) is 1. The minimum atomic E-state index is -4.75. The van der Waals surface area contributed by atoms with E-state index in [9.17, 15) is 18.0 Å². The Hall–Kier alpha value is -2.70. The third kappa shape index (κ3) is 4.68. The standard InChI is InChI=1S/C19H19F3N2O2/c20-19(21,22)26-17-4-2-1-3-14(17)15-11-16(15)18(25)24-10-9-12-5-7-13(23)8-6-12/h1-8,15-16H,9-11,23H2,(H,24,25). The number of amides is 1. The van der Waals surface area contributed by atoms with E-state index in [2.05, 4.69) is 10.1 Å². The monoisotopic (exact) mass is 364 g/mol. The molecule has 0 spiro atoms. The highest BCUT2D eigenvalue weighted by Gasteiger charge is 2.46. The molecule has 1 aliphatic carbocycles. The molecule has 1 fully saturated rings. The van der Waals surface area contributed by atoms with Crippen molar-refractivity contribution in [2.45, 2.75) is 25.1 Å². The van der Waals surface area contributed by atoms with Crippen LogP contribution in [0.1, 0.15) is 23.5 Å². The predicted octanol–water partition coefficient (Wildman–Crippen LogP) is 3.63. The number of alkyl halides is 3. The second-order valence-electron chi connectivity index (χ2n) is 6.32. The molecule has 0 aliphatic heterocycles. The average Bonchev–Trinajstić information content (AvgIpc) is 3.36. The van der Waals surface area contributed by atoms with Crippen LogP contribution in [0.25, 0.3) is 0 Å². The Bertz CT molecular complexity index is 775. The third-order valence-electron chi connectivity index (χ3n) is 4.36. The van der Waals surface area contributed by atoms with Gasteiger partial charge in [0.05, 0.1) is 0 Å². The maximum atomic E-state index is 12.5. The van der Waals surface area contributed by atoms with Crippen molar-refractivity contribution in [3.63, 3.8) is 0 Å². The van der Waals surface area contributed by atoms with Gasteiger partial charge in [-0.1, -0.05) is 30.3 Å². The molecule has 2 unspecified atom stereocenters. The van der Waals surface area contributed by atoms with Crippen LogP contribution in [0.5, 0.6) is 5.75 Å². The number of hydrogen-bond donors (Lipinski definition) is 2. The van der Waals surface area contributed by atoms with Gasteiger partial charge in [-0.05, 0) is 48.1 Å². The number of carbonyl (C=O) groups is 1. The van der Waals surface area contributed by atoms with Crippen LogP contribution in [0.2, 0.25) is 0 Å². The molecular formula is C19H19F3N2O2. The largest absolute Gasteiger partial charge is 0.573 e. The molecule has 3 N–H and O–H groups in total. The maximum absolute atomic E-state index is 12.5. The van der Waals surface area contributed by atoms with Crippen LogP contribution in [-0.4, -0.2) is 18.8 Å². The molecule has 1 amide bonds. The summed E-state index contributed by atoms with van der Waals surface area (Å²) in [6, 6.07) is 13.4. The fourth-order valence-electron chi connectivity index (χ4n) is 2.98. The van der Waals surface area contributed by atoms with Gasteiger partial charge < -0.3 is 15.8 Å². The molecule has 0 radical (unpaired) electrons. The Balaban J connectivity index is 1.53.